The summed E-state index contributed by atoms with van der Waals surface area (Å²) in [6.45, 7) is 1.03. The zero-order chi connectivity index (χ0) is 41.2. The number of nitrogens with zero attached hydrogens (tertiary/aromatic N) is 5. The van der Waals surface area contributed by atoms with E-state index in [-0.39, 0.29) is 65.7 Å². The monoisotopic (exact) mass is 871 g/mol. The summed E-state index contributed by atoms with van der Waals surface area (Å²) < 4.78 is 22.6. The average Bonchev–Trinajstić information content (AvgIpc) is 3.28. The Labute approximate surface area is 353 Å². The molecule has 16 heteroatoms. The van der Waals surface area contributed by atoms with E-state index in [9.17, 15) is 19.2 Å². The summed E-state index contributed by atoms with van der Waals surface area (Å²) in [6, 6.07) is 32.3. The molecule has 5 rings (SSSR count). The molecule has 1 aliphatic heterocycles. The molecular formula is C42H44Cl2MnN5O8-5. The van der Waals surface area contributed by atoms with E-state index in [2.05, 4.69) is 5.32 Å². The Balaban J connectivity index is 0.00000240. The van der Waals surface area contributed by atoms with Crippen molar-refractivity contribution in [1.29, 1.82) is 0 Å². The molecule has 0 aromatic heterocycles. The molecule has 0 bridgehead atoms. The fourth-order valence-electron chi connectivity index (χ4n) is 5.33. The van der Waals surface area contributed by atoms with Gasteiger partial charge in [0, 0.05) is 0 Å². The van der Waals surface area contributed by atoms with E-state index in [4.69, 9.17) is 60.4 Å². The Morgan fingerprint density at radius 3 is 0.983 bits per heavy atom. The predicted molar refractivity (Wildman–Crippen MR) is 220 cm³/mol. The van der Waals surface area contributed by atoms with E-state index in [0.29, 0.717) is 35.3 Å². The van der Waals surface area contributed by atoms with Gasteiger partial charge >= 0.3 is 57.2 Å². The maximum atomic E-state index is 12.9. The molecule has 1 saturated heterocycles. The van der Waals surface area contributed by atoms with E-state index >= 15 is 0 Å². The van der Waals surface area contributed by atoms with Gasteiger partial charge in [0.1, 0.15) is 0 Å². The second kappa shape index (κ2) is 27.4. The zero-order valence-corrected chi connectivity index (χ0v) is 34.3. The van der Waals surface area contributed by atoms with Crippen molar-refractivity contribution in [3.05, 3.63) is 170 Å². The van der Waals surface area contributed by atoms with Crippen molar-refractivity contribution >= 4 is 44.1 Å². The van der Waals surface area contributed by atoms with Gasteiger partial charge in [-0.25, -0.2) is 19.2 Å². The molecule has 0 radical (unpaired) electrons. The number of hydrogen-bond acceptors (Lipinski definition) is 8. The molecule has 58 heavy (non-hydrogen) atoms. The van der Waals surface area contributed by atoms with Crippen LogP contribution in [0.2, 0.25) is 0 Å². The summed E-state index contributed by atoms with van der Waals surface area (Å²) in [6.07, 6.45) is 0. The molecule has 311 valence electrons. The first kappa shape index (κ1) is 46.4. The van der Waals surface area contributed by atoms with Crippen molar-refractivity contribution in [2.75, 3.05) is 65.7 Å². The van der Waals surface area contributed by atoms with Crippen LogP contribution in [0.3, 0.4) is 0 Å². The van der Waals surface area contributed by atoms with Gasteiger partial charge < -0.3 is 45.5 Å². The third-order valence-electron chi connectivity index (χ3n) is 8.37. The summed E-state index contributed by atoms with van der Waals surface area (Å²) in [5.74, 6) is -1.99. The Morgan fingerprint density at radius 2 is 0.690 bits per heavy atom. The average molecular weight is 873 g/mol. The van der Waals surface area contributed by atoms with Crippen LogP contribution < -0.4 is 0 Å². The SMILES string of the molecule is O=C(OC[C@H]1C[N-]CC[N-][C@@H](COC(=O)c2ccccc2)C[N-][C@@H](COC(=O)c2ccccc2)C[N-][C@@H](COC(=O)c2ccccc2)C[N-]1)c1ccccc1.[Cl][Mn][Cl]. The summed E-state index contributed by atoms with van der Waals surface area (Å²) >= 11 is 0.00694. The molecule has 0 aliphatic carbocycles. The van der Waals surface area contributed by atoms with Crippen molar-refractivity contribution in [1.82, 2.24) is 0 Å². The molecule has 0 spiro atoms. The minimum atomic E-state index is -0.611. The van der Waals surface area contributed by atoms with Crippen LogP contribution in [0, 0.1) is 0 Å². The number of rotatable bonds is 12. The molecule has 0 N–H and O–H groups in total. The van der Waals surface area contributed by atoms with Crippen LogP contribution in [-0.2, 0) is 32.1 Å². The van der Waals surface area contributed by atoms with Crippen LogP contribution in [-0.4, -0.2) is 114 Å². The van der Waals surface area contributed by atoms with Crippen molar-refractivity contribution in [3.63, 3.8) is 0 Å². The Hall–Kier alpha value is -4.34. The zero-order valence-electron chi connectivity index (χ0n) is 31.6. The molecule has 4 aromatic rings. The maximum absolute atomic E-state index is 12.9. The number of carbonyl (C=O) groups is 4. The Morgan fingerprint density at radius 1 is 0.431 bits per heavy atom. The molecule has 1 aliphatic rings. The van der Waals surface area contributed by atoms with Crippen LogP contribution in [0.4, 0.5) is 0 Å². The molecular weight excluding hydrogens is 828 g/mol. The van der Waals surface area contributed by atoms with E-state index in [1.165, 1.54) is 0 Å². The second-order valence-electron chi connectivity index (χ2n) is 12.7. The quantitative estimate of drug-likeness (QED) is 0.0779. The summed E-state index contributed by atoms with van der Waals surface area (Å²) in [5.41, 5.74) is 1.62. The minimum absolute atomic E-state index is 0.00694. The van der Waals surface area contributed by atoms with E-state index in [1.54, 1.807) is 109 Å². The first-order valence-electron chi connectivity index (χ1n) is 18.4. The first-order valence-corrected chi connectivity index (χ1v) is 21.7. The summed E-state index contributed by atoms with van der Waals surface area (Å²) in [7, 11) is 9.59. The molecule has 4 atom stereocenters. The van der Waals surface area contributed by atoms with Gasteiger partial charge in [-0.2, -0.15) is 39.3 Å². The standard InChI is InChI=1S/C42H44N5O8.2ClH.Mn/c48-39(31-13-5-1-6-14-31)52-27-35-23-43-21-22-44-36(28-53-40(49)32-15-7-2-8-16-32)24-46-38(30-55-42(51)34-19-11-4-12-20-34)26-47-37(25-45-35)29-54-41(50)33-17-9-3-10-18-33;;;/h1-20,35-38H,21-30H2;2*1H;/q-5;;;+2/p-2/t35-,36-,37-,38-;;;/m1.../s1. The number of hydrogen-bond donors (Lipinski definition) is 0. The molecule has 0 unspecified atom stereocenters. The van der Waals surface area contributed by atoms with Crippen molar-refractivity contribution in [2.45, 2.75) is 24.2 Å². The fourth-order valence-corrected chi connectivity index (χ4v) is 5.33. The van der Waals surface area contributed by atoms with Gasteiger partial charge in [0.15, 0.2) is 0 Å². The van der Waals surface area contributed by atoms with Crippen molar-refractivity contribution in [2.24, 2.45) is 0 Å². The van der Waals surface area contributed by atoms with Crippen LogP contribution in [0.1, 0.15) is 41.4 Å². The summed E-state index contributed by atoms with van der Waals surface area (Å²) in [5, 5.41) is 23.8. The molecule has 4 aromatic carbocycles. The Bertz CT molecular complexity index is 1660. The Kier molecular flexibility index (Phi) is 21.9. The predicted octanol–water partition coefficient (Wildman–Crippen LogP) is 8.15. The third kappa shape index (κ3) is 17.7. The topological polar surface area (TPSA) is 176 Å². The molecule has 1 fully saturated rings. The third-order valence-corrected chi connectivity index (χ3v) is 8.37. The van der Waals surface area contributed by atoms with Crippen LogP contribution in [0.15, 0.2) is 121 Å². The van der Waals surface area contributed by atoms with Crippen molar-refractivity contribution in [3.8, 4) is 0 Å². The first-order chi connectivity index (χ1) is 28.4. The van der Waals surface area contributed by atoms with Gasteiger partial charge in [0.2, 0.25) is 0 Å². The van der Waals surface area contributed by atoms with Crippen LogP contribution in [0.5, 0.6) is 0 Å². The number of carbonyl (C=O) groups excluding carboxylic acids is 4. The normalized spacial score (nSPS) is 19.1. The number of ether oxygens (including phenoxy) is 4. The summed E-state index contributed by atoms with van der Waals surface area (Å²) in [4.78, 5) is 51.3. The second-order valence-corrected chi connectivity index (χ2v) is 14.6. The molecule has 1 heterocycles. The van der Waals surface area contributed by atoms with Gasteiger partial charge in [-0.15, -0.1) is 24.2 Å². The van der Waals surface area contributed by atoms with Gasteiger partial charge in [-0.1, -0.05) is 72.8 Å². The molecule has 13 nitrogen and oxygen atoms in total. The van der Waals surface area contributed by atoms with Crippen LogP contribution >= 0.6 is 20.2 Å². The molecule has 0 saturated carbocycles. The fraction of sp³-hybridized carbons (Fsp3) is 0.333. The van der Waals surface area contributed by atoms with Gasteiger partial charge in [-0.05, 0) is 48.5 Å². The van der Waals surface area contributed by atoms with Gasteiger partial charge in [0.25, 0.3) is 0 Å². The van der Waals surface area contributed by atoms with Crippen molar-refractivity contribution < 1.29 is 51.3 Å². The van der Waals surface area contributed by atoms with Crippen LogP contribution in [0.25, 0.3) is 26.6 Å². The number of halogens is 2. The number of benzene rings is 4. The molecule has 0 amide bonds. The van der Waals surface area contributed by atoms with Gasteiger partial charge in [-0.3, -0.25) is 0 Å². The van der Waals surface area contributed by atoms with E-state index < -0.39 is 48.0 Å². The van der Waals surface area contributed by atoms with Gasteiger partial charge in [0.05, 0.1) is 48.7 Å². The number of esters is 4. The van der Waals surface area contributed by atoms with E-state index in [0.717, 1.165) is 0 Å². The van der Waals surface area contributed by atoms with E-state index in [1.807, 2.05) is 12.1 Å².